The van der Waals surface area contributed by atoms with Gasteiger partial charge in [-0.1, -0.05) is 6.92 Å². The molecule has 0 amide bonds. The fraction of sp³-hybridized carbons (Fsp3) is 1.00. The van der Waals surface area contributed by atoms with Crippen molar-refractivity contribution in [3.8, 4) is 0 Å². The summed E-state index contributed by atoms with van der Waals surface area (Å²) in [6.45, 7) is 3.23. The summed E-state index contributed by atoms with van der Waals surface area (Å²) in [5.41, 5.74) is 0. The van der Waals surface area contributed by atoms with Crippen LogP contribution in [0.1, 0.15) is 6.92 Å². The molecule has 0 N–H and O–H groups in total. The Bertz CT molecular complexity index is 97.6. The molecule has 2 nitrogen and oxygen atoms in total. The van der Waals surface area contributed by atoms with Gasteiger partial charge in [-0.2, -0.15) is 0 Å². The van der Waals surface area contributed by atoms with E-state index >= 15 is 0 Å². The Morgan fingerprint density at radius 2 is 2.40 bits per heavy atom. The number of hydrogen-bond acceptors (Lipinski definition) is 2. The van der Waals surface area contributed by atoms with Crippen LogP contribution in [0.3, 0.4) is 0 Å². The second kappa shape index (κ2) is 3.88. The Hall–Kier alpha value is -0.150. The van der Waals surface area contributed by atoms with Crippen LogP contribution < -0.4 is 0 Å². The maximum absolute atomic E-state index is 11.6. The van der Waals surface area contributed by atoms with Crippen LogP contribution >= 0.6 is 0 Å². The molecule has 0 aliphatic carbocycles. The highest BCUT2D eigenvalue weighted by Crippen LogP contribution is 2.15. The summed E-state index contributed by atoms with van der Waals surface area (Å²) >= 11 is 0. The first-order valence-corrected chi connectivity index (χ1v) is 3.60. The van der Waals surface area contributed by atoms with Crippen LogP contribution in [0.4, 0.5) is 4.39 Å². The van der Waals surface area contributed by atoms with E-state index < -0.39 is 6.67 Å². The lowest BCUT2D eigenvalue weighted by Gasteiger charge is -2.12. The zero-order valence-corrected chi connectivity index (χ0v) is 6.18. The number of alkyl halides is 1. The quantitative estimate of drug-likeness (QED) is 0.594. The van der Waals surface area contributed by atoms with E-state index in [2.05, 4.69) is 6.92 Å². The fourth-order valence-electron chi connectivity index (χ4n) is 1.05. The van der Waals surface area contributed by atoms with Gasteiger partial charge in [-0.3, -0.25) is 0 Å². The van der Waals surface area contributed by atoms with Crippen molar-refractivity contribution in [2.45, 2.75) is 13.0 Å². The molecular formula is C7H13FO2. The first-order chi connectivity index (χ1) is 4.84. The summed E-state index contributed by atoms with van der Waals surface area (Å²) in [6.07, 6.45) is 0.121. The Morgan fingerprint density at radius 1 is 1.60 bits per heavy atom. The van der Waals surface area contributed by atoms with Crippen LogP contribution in [0, 0.1) is 5.92 Å². The summed E-state index contributed by atoms with van der Waals surface area (Å²) in [6, 6.07) is 0. The van der Waals surface area contributed by atoms with Gasteiger partial charge in [0.25, 0.3) is 0 Å². The van der Waals surface area contributed by atoms with Crippen LogP contribution in [0.5, 0.6) is 0 Å². The van der Waals surface area contributed by atoms with Gasteiger partial charge in [-0.05, 0) is 0 Å². The van der Waals surface area contributed by atoms with Gasteiger partial charge in [0.2, 0.25) is 0 Å². The van der Waals surface area contributed by atoms with Crippen molar-refractivity contribution < 1.29 is 13.9 Å². The van der Waals surface area contributed by atoms with Crippen LogP contribution in [-0.2, 0) is 9.47 Å². The van der Waals surface area contributed by atoms with Crippen molar-refractivity contribution in [2.24, 2.45) is 5.92 Å². The first kappa shape index (κ1) is 7.95. The molecule has 0 aromatic rings. The van der Waals surface area contributed by atoms with Crippen LogP contribution in [0.25, 0.3) is 0 Å². The third-order valence-electron chi connectivity index (χ3n) is 1.71. The van der Waals surface area contributed by atoms with Crippen LogP contribution in [0.15, 0.2) is 0 Å². The van der Waals surface area contributed by atoms with Crippen molar-refractivity contribution in [3.05, 3.63) is 0 Å². The minimum atomic E-state index is -0.400. The SMILES string of the molecule is CC1COCC1OCCF. The molecule has 1 fully saturated rings. The highest BCUT2D eigenvalue weighted by molar-refractivity contribution is 4.71. The number of ether oxygens (including phenoxy) is 2. The normalized spacial score (nSPS) is 33.0. The Labute approximate surface area is 60.3 Å². The predicted molar refractivity (Wildman–Crippen MR) is 35.7 cm³/mol. The van der Waals surface area contributed by atoms with E-state index in [0.29, 0.717) is 12.5 Å². The molecular weight excluding hydrogens is 135 g/mol. The lowest BCUT2D eigenvalue weighted by atomic mass is 10.1. The number of rotatable bonds is 3. The largest absolute Gasteiger partial charge is 0.378 e. The van der Waals surface area contributed by atoms with Gasteiger partial charge in [-0.15, -0.1) is 0 Å². The molecule has 1 heterocycles. The standard InChI is InChI=1S/C7H13FO2/c1-6-4-9-5-7(6)10-3-2-8/h6-7H,2-5H2,1H3. The van der Waals surface area contributed by atoms with Gasteiger partial charge in [0.15, 0.2) is 0 Å². The first-order valence-electron chi connectivity index (χ1n) is 3.60. The molecule has 60 valence electrons. The van der Waals surface area contributed by atoms with Gasteiger partial charge < -0.3 is 9.47 Å². The van der Waals surface area contributed by atoms with E-state index in [9.17, 15) is 4.39 Å². The molecule has 10 heavy (non-hydrogen) atoms. The molecule has 0 saturated carbocycles. The molecule has 1 aliphatic rings. The molecule has 1 saturated heterocycles. The summed E-state index contributed by atoms with van der Waals surface area (Å²) in [4.78, 5) is 0. The summed E-state index contributed by atoms with van der Waals surface area (Å²) in [5.74, 6) is 0.423. The van der Waals surface area contributed by atoms with Gasteiger partial charge in [0, 0.05) is 5.92 Å². The monoisotopic (exact) mass is 148 g/mol. The van der Waals surface area contributed by atoms with E-state index in [1.807, 2.05) is 0 Å². The van der Waals surface area contributed by atoms with Crippen molar-refractivity contribution in [3.63, 3.8) is 0 Å². The van der Waals surface area contributed by atoms with Crippen LogP contribution in [0.2, 0.25) is 0 Å². The minimum Gasteiger partial charge on any atom is -0.378 e. The summed E-state index contributed by atoms with van der Waals surface area (Å²) in [7, 11) is 0. The maximum atomic E-state index is 11.6. The van der Waals surface area contributed by atoms with Crippen molar-refractivity contribution in [2.75, 3.05) is 26.5 Å². The Morgan fingerprint density at radius 3 is 2.90 bits per heavy atom. The Balaban J connectivity index is 2.14. The van der Waals surface area contributed by atoms with E-state index in [0.717, 1.165) is 6.61 Å². The average molecular weight is 148 g/mol. The van der Waals surface area contributed by atoms with Gasteiger partial charge in [0.1, 0.15) is 6.67 Å². The molecule has 0 radical (unpaired) electrons. The fourth-order valence-corrected chi connectivity index (χ4v) is 1.05. The number of halogens is 1. The molecule has 1 rings (SSSR count). The lowest BCUT2D eigenvalue weighted by molar-refractivity contribution is 0.0220. The molecule has 0 bridgehead atoms. The van der Waals surface area contributed by atoms with Gasteiger partial charge in [0.05, 0.1) is 25.9 Å². The molecule has 0 aromatic carbocycles. The second-order valence-corrected chi connectivity index (χ2v) is 2.61. The summed E-state index contributed by atoms with van der Waals surface area (Å²) < 4.78 is 21.9. The van der Waals surface area contributed by atoms with Gasteiger partial charge >= 0.3 is 0 Å². The smallest absolute Gasteiger partial charge is 0.113 e. The lowest BCUT2D eigenvalue weighted by Crippen LogP contribution is -2.20. The zero-order chi connectivity index (χ0) is 7.40. The third kappa shape index (κ3) is 1.92. The molecule has 0 aromatic heterocycles. The zero-order valence-electron chi connectivity index (χ0n) is 6.18. The number of hydrogen-bond donors (Lipinski definition) is 0. The highest BCUT2D eigenvalue weighted by Gasteiger charge is 2.24. The molecule has 3 heteroatoms. The highest BCUT2D eigenvalue weighted by atomic mass is 19.1. The molecule has 2 unspecified atom stereocenters. The maximum Gasteiger partial charge on any atom is 0.113 e. The Kier molecular flexibility index (Phi) is 3.09. The van der Waals surface area contributed by atoms with Crippen molar-refractivity contribution >= 4 is 0 Å². The molecule has 0 spiro atoms. The minimum absolute atomic E-state index is 0.121. The van der Waals surface area contributed by atoms with Crippen molar-refractivity contribution in [1.82, 2.24) is 0 Å². The van der Waals surface area contributed by atoms with E-state index in [4.69, 9.17) is 9.47 Å². The van der Waals surface area contributed by atoms with Crippen molar-refractivity contribution in [1.29, 1.82) is 0 Å². The van der Waals surface area contributed by atoms with E-state index in [1.165, 1.54) is 0 Å². The molecule has 1 aliphatic heterocycles. The average Bonchev–Trinajstić information content (AvgIpc) is 2.31. The van der Waals surface area contributed by atoms with E-state index in [1.54, 1.807) is 0 Å². The molecule has 2 atom stereocenters. The second-order valence-electron chi connectivity index (χ2n) is 2.61. The predicted octanol–water partition coefficient (Wildman–Crippen LogP) is 1.01. The van der Waals surface area contributed by atoms with E-state index in [-0.39, 0.29) is 12.7 Å². The topological polar surface area (TPSA) is 18.5 Å². The summed E-state index contributed by atoms with van der Waals surface area (Å²) in [5, 5.41) is 0. The third-order valence-corrected chi connectivity index (χ3v) is 1.71. The van der Waals surface area contributed by atoms with Gasteiger partial charge in [-0.25, -0.2) is 4.39 Å². The van der Waals surface area contributed by atoms with Crippen LogP contribution in [-0.4, -0.2) is 32.6 Å².